The summed E-state index contributed by atoms with van der Waals surface area (Å²) in [5.41, 5.74) is 3.27. The molecule has 0 fully saturated rings. The van der Waals surface area contributed by atoms with Crippen LogP contribution in [-0.4, -0.2) is 18.0 Å². The van der Waals surface area contributed by atoms with Crippen molar-refractivity contribution in [2.75, 3.05) is 10.2 Å². The van der Waals surface area contributed by atoms with Gasteiger partial charge in [0.1, 0.15) is 6.04 Å². The molecule has 25 heavy (non-hydrogen) atoms. The van der Waals surface area contributed by atoms with E-state index in [1.54, 1.807) is 0 Å². The average molecular weight is 330 g/mol. The quantitative estimate of drug-likeness (QED) is 0.760. The number of rotatable bonds is 3. The zero-order valence-corrected chi connectivity index (χ0v) is 14.6. The van der Waals surface area contributed by atoms with Gasteiger partial charge in [-0.25, -0.2) is 0 Å². The third-order valence-corrected chi connectivity index (χ3v) is 4.95. The Labute approximate surface area is 148 Å². The number of nitrogens with zero attached hydrogens (tertiary/aromatic N) is 1. The predicted octanol–water partition coefficient (Wildman–Crippen LogP) is 4.62. The fourth-order valence-electron chi connectivity index (χ4n) is 3.70. The summed E-state index contributed by atoms with van der Waals surface area (Å²) in [7, 11) is 0. The topological polar surface area (TPSA) is 32.3 Å². The van der Waals surface area contributed by atoms with E-state index in [2.05, 4.69) is 42.6 Å². The second-order valence-corrected chi connectivity index (χ2v) is 6.82. The van der Waals surface area contributed by atoms with E-state index in [4.69, 9.17) is 0 Å². The maximum atomic E-state index is 13.0. The highest BCUT2D eigenvalue weighted by Crippen LogP contribution is 2.32. The lowest BCUT2D eigenvalue weighted by molar-refractivity contribution is -0.119. The van der Waals surface area contributed by atoms with Crippen molar-refractivity contribution in [1.82, 2.24) is 0 Å². The average Bonchev–Trinajstić information content (AvgIpc) is 2.96. The van der Waals surface area contributed by atoms with Crippen molar-refractivity contribution in [1.29, 1.82) is 0 Å². The van der Waals surface area contributed by atoms with E-state index in [1.807, 2.05) is 48.2 Å². The summed E-state index contributed by atoms with van der Waals surface area (Å²) in [6.45, 7) is 4.05. The highest BCUT2D eigenvalue weighted by atomic mass is 16.2. The zero-order chi connectivity index (χ0) is 17.4. The van der Waals surface area contributed by atoms with Crippen molar-refractivity contribution in [3.05, 3.63) is 72.3 Å². The Morgan fingerprint density at radius 2 is 1.76 bits per heavy atom. The largest absolute Gasteiger partial charge is 0.374 e. The number of hydrogen-bond acceptors (Lipinski definition) is 2. The van der Waals surface area contributed by atoms with Gasteiger partial charge < -0.3 is 10.2 Å². The van der Waals surface area contributed by atoms with Gasteiger partial charge in [0.25, 0.3) is 0 Å². The third kappa shape index (κ3) is 2.86. The number of carbonyl (C=O) groups excluding carboxylic acids is 1. The van der Waals surface area contributed by atoms with E-state index >= 15 is 0 Å². The molecule has 3 aromatic rings. The van der Waals surface area contributed by atoms with E-state index in [9.17, 15) is 4.79 Å². The molecule has 3 heteroatoms. The molecule has 1 aliphatic rings. The Kier molecular flexibility index (Phi) is 3.92. The number of nitrogens with one attached hydrogen (secondary N) is 1. The lowest BCUT2D eigenvalue weighted by atomic mass is 10.1. The fraction of sp³-hybridized carbons (Fsp3) is 0.227. The molecule has 1 amide bonds. The van der Waals surface area contributed by atoms with E-state index in [1.165, 1.54) is 16.3 Å². The van der Waals surface area contributed by atoms with Gasteiger partial charge in [-0.1, -0.05) is 48.5 Å². The smallest absolute Gasteiger partial charge is 0.249 e. The number of anilines is 2. The third-order valence-electron chi connectivity index (χ3n) is 4.95. The molecule has 0 aromatic heterocycles. The number of carbonyl (C=O) groups is 1. The molecular formula is C22H22N2O. The second kappa shape index (κ2) is 6.25. The van der Waals surface area contributed by atoms with Crippen LogP contribution in [0.3, 0.4) is 0 Å². The van der Waals surface area contributed by atoms with Crippen LogP contribution in [0.4, 0.5) is 11.4 Å². The lowest BCUT2D eigenvalue weighted by Crippen LogP contribution is -2.44. The zero-order valence-electron chi connectivity index (χ0n) is 14.6. The molecule has 1 heterocycles. The molecular weight excluding hydrogens is 308 g/mol. The van der Waals surface area contributed by atoms with Gasteiger partial charge >= 0.3 is 0 Å². The van der Waals surface area contributed by atoms with E-state index in [0.29, 0.717) is 0 Å². The number of amides is 1. The van der Waals surface area contributed by atoms with Crippen LogP contribution < -0.4 is 10.2 Å². The number of fused-ring (bicyclic) bond motifs is 2. The molecule has 2 atom stereocenters. The molecule has 2 unspecified atom stereocenters. The Morgan fingerprint density at radius 3 is 2.60 bits per heavy atom. The first-order valence-corrected chi connectivity index (χ1v) is 8.80. The summed E-state index contributed by atoms with van der Waals surface area (Å²) >= 11 is 0. The highest BCUT2D eigenvalue weighted by molar-refractivity contribution is 6.01. The summed E-state index contributed by atoms with van der Waals surface area (Å²) in [6.07, 6.45) is 0.921. The van der Waals surface area contributed by atoms with Gasteiger partial charge in [-0.2, -0.15) is 0 Å². The first kappa shape index (κ1) is 15.7. The summed E-state index contributed by atoms with van der Waals surface area (Å²) in [6, 6.07) is 22.6. The van der Waals surface area contributed by atoms with Crippen LogP contribution >= 0.6 is 0 Å². The molecule has 0 spiro atoms. The minimum absolute atomic E-state index is 0.116. The van der Waals surface area contributed by atoms with E-state index in [-0.39, 0.29) is 18.0 Å². The minimum Gasteiger partial charge on any atom is -0.374 e. The Morgan fingerprint density at radius 1 is 1.04 bits per heavy atom. The molecule has 0 saturated carbocycles. The summed E-state index contributed by atoms with van der Waals surface area (Å²) in [4.78, 5) is 15.0. The first-order chi connectivity index (χ1) is 12.1. The summed E-state index contributed by atoms with van der Waals surface area (Å²) in [5.74, 6) is 0.116. The van der Waals surface area contributed by atoms with Crippen molar-refractivity contribution in [3.63, 3.8) is 0 Å². The normalized spacial score (nSPS) is 17.4. The Hall–Kier alpha value is -2.81. The van der Waals surface area contributed by atoms with Gasteiger partial charge in [0.2, 0.25) is 5.91 Å². The van der Waals surface area contributed by atoms with Gasteiger partial charge in [-0.05, 0) is 54.8 Å². The molecule has 126 valence electrons. The van der Waals surface area contributed by atoms with Crippen molar-refractivity contribution < 1.29 is 4.79 Å². The first-order valence-electron chi connectivity index (χ1n) is 8.80. The molecule has 0 radical (unpaired) electrons. The Bertz CT molecular complexity index is 934. The number of para-hydroxylation sites is 1. The molecule has 0 aliphatic carbocycles. The van der Waals surface area contributed by atoms with Crippen LogP contribution in [-0.2, 0) is 11.2 Å². The van der Waals surface area contributed by atoms with Crippen molar-refractivity contribution >= 4 is 28.1 Å². The van der Waals surface area contributed by atoms with Crippen molar-refractivity contribution in [3.8, 4) is 0 Å². The highest BCUT2D eigenvalue weighted by Gasteiger charge is 2.32. The second-order valence-electron chi connectivity index (χ2n) is 6.82. The van der Waals surface area contributed by atoms with E-state index < -0.39 is 0 Å². The van der Waals surface area contributed by atoms with Crippen LogP contribution in [0.15, 0.2) is 66.7 Å². The molecule has 0 bridgehead atoms. The number of benzene rings is 3. The standard InChI is InChI=1S/C22H22N2O/c1-15-13-19-9-5-6-10-21(19)24(15)22(25)16(2)23-20-12-11-17-7-3-4-8-18(17)14-20/h3-12,14-16,23H,13H2,1-2H3. The molecule has 1 N–H and O–H groups in total. The van der Waals surface area contributed by atoms with Gasteiger partial charge in [-0.15, -0.1) is 0 Å². The van der Waals surface area contributed by atoms with Crippen molar-refractivity contribution in [2.45, 2.75) is 32.4 Å². The Balaban J connectivity index is 1.56. The van der Waals surface area contributed by atoms with Crippen LogP contribution in [0.2, 0.25) is 0 Å². The van der Waals surface area contributed by atoms with Crippen LogP contribution in [0, 0.1) is 0 Å². The molecule has 3 aromatic carbocycles. The van der Waals surface area contributed by atoms with Gasteiger partial charge in [-0.3, -0.25) is 4.79 Å². The summed E-state index contributed by atoms with van der Waals surface area (Å²) < 4.78 is 0. The van der Waals surface area contributed by atoms with Crippen LogP contribution in [0.25, 0.3) is 10.8 Å². The maximum Gasteiger partial charge on any atom is 0.249 e. The SMILES string of the molecule is CC(Nc1ccc2ccccc2c1)C(=O)N1c2ccccc2CC1C. The fourth-order valence-corrected chi connectivity index (χ4v) is 3.70. The van der Waals surface area contributed by atoms with Gasteiger partial charge in [0, 0.05) is 17.4 Å². The van der Waals surface area contributed by atoms with E-state index in [0.717, 1.165) is 17.8 Å². The summed E-state index contributed by atoms with van der Waals surface area (Å²) in [5, 5.41) is 5.75. The maximum absolute atomic E-state index is 13.0. The molecule has 3 nitrogen and oxygen atoms in total. The van der Waals surface area contributed by atoms with Crippen molar-refractivity contribution in [2.24, 2.45) is 0 Å². The van der Waals surface area contributed by atoms with Gasteiger partial charge in [0.05, 0.1) is 0 Å². The number of hydrogen-bond donors (Lipinski definition) is 1. The molecule has 1 aliphatic heterocycles. The monoisotopic (exact) mass is 330 g/mol. The lowest BCUT2D eigenvalue weighted by Gasteiger charge is -2.27. The molecule has 4 rings (SSSR count). The van der Waals surface area contributed by atoms with Crippen LogP contribution in [0.1, 0.15) is 19.4 Å². The molecule has 0 saturated heterocycles. The van der Waals surface area contributed by atoms with Crippen LogP contribution in [0.5, 0.6) is 0 Å². The predicted molar refractivity (Wildman–Crippen MR) is 104 cm³/mol. The van der Waals surface area contributed by atoms with Gasteiger partial charge in [0.15, 0.2) is 0 Å². The minimum atomic E-state index is -0.283.